The Morgan fingerprint density at radius 1 is 1.43 bits per heavy atom. The van der Waals surface area contributed by atoms with E-state index in [0.29, 0.717) is 18.2 Å². The first-order chi connectivity index (χ1) is 11.0. The number of nitrogens with zero attached hydrogens (tertiary/aromatic N) is 2. The number of nitro groups is 1. The van der Waals surface area contributed by atoms with Crippen molar-refractivity contribution in [1.29, 1.82) is 0 Å². The largest absolute Gasteiger partial charge is 0.465 e. The van der Waals surface area contributed by atoms with E-state index in [-0.39, 0.29) is 11.3 Å². The van der Waals surface area contributed by atoms with Crippen LogP contribution in [-0.4, -0.2) is 49.1 Å². The van der Waals surface area contributed by atoms with Crippen LogP contribution in [0.25, 0.3) is 0 Å². The number of hydrogen-bond acceptors (Lipinski definition) is 6. The normalized spacial score (nSPS) is 16.1. The van der Waals surface area contributed by atoms with Gasteiger partial charge < -0.3 is 15.0 Å². The third-order valence-corrected chi connectivity index (χ3v) is 4.03. The summed E-state index contributed by atoms with van der Waals surface area (Å²) in [6, 6.07) is 4.20. The van der Waals surface area contributed by atoms with Gasteiger partial charge in [0, 0.05) is 30.9 Å². The second kappa shape index (κ2) is 7.92. The molecule has 7 heteroatoms. The van der Waals surface area contributed by atoms with Crippen molar-refractivity contribution in [3.8, 4) is 0 Å². The molecule has 1 aliphatic rings. The number of anilines is 1. The maximum Gasteiger partial charge on any atom is 0.340 e. The Balaban J connectivity index is 2.02. The van der Waals surface area contributed by atoms with Crippen LogP contribution >= 0.6 is 0 Å². The Morgan fingerprint density at radius 3 is 2.74 bits per heavy atom. The first kappa shape index (κ1) is 17.2. The van der Waals surface area contributed by atoms with Gasteiger partial charge in [-0.25, -0.2) is 4.79 Å². The maximum absolute atomic E-state index is 11.8. The van der Waals surface area contributed by atoms with Crippen molar-refractivity contribution < 1.29 is 14.5 Å². The van der Waals surface area contributed by atoms with Crippen LogP contribution in [0.15, 0.2) is 18.2 Å². The highest BCUT2D eigenvalue weighted by Gasteiger charge is 2.19. The van der Waals surface area contributed by atoms with Gasteiger partial charge in [0.05, 0.1) is 17.6 Å². The predicted molar refractivity (Wildman–Crippen MR) is 87.8 cm³/mol. The lowest BCUT2D eigenvalue weighted by Crippen LogP contribution is -2.29. The lowest BCUT2D eigenvalue weighted by atomic mass is 10.1. The molecule has 7 nitrogen and oxygen atoms in total. The number of non-ortho nitro benzene ring substituents is 1. The molecule has 1 atom stereocenters. The number of hydrogen-bond donors (Lipinski definition) is 1. The number of esters is 1. The van der Waals surface area contributed by atoms with Crippen molar-refractivity contribution in [2.45, 2.75) is 19.8 Å². The Morgan fingerprint density at radius 2 is 2.13 bits per heavy atom. The fourth-order valence-electron chi connectivity index (χ4n) is 2.83. The topological polar surface area (TPSA) is 84.7 Å². The fourth-order valence-corrected chi connectivity index (χ4v) is 2.83. The number of rotatable bonds is 7. The van der Waals surface area contributed by atoms with Crippen LogP contribution in [0.4, 0.5) is 11.4 Å². The summed E-state index contributed by atoms with van der Waals surface area (Å²) in [6.45, 7) is 6.14. The molecule has 1 unspecified atom stereocenters. The Hall–Kier alpha value is -2.15. The smallest absolute Gasteiger partial charge is 0.340 e. The lowest BCUT2D eigenvalue weighted by molar-refractivity contribution is -0.384. The molecule has 0 spiro atoms. The number of nitro benzene ring substituents is 1. The second-order valence-electron chi connectivity index (χ2n) is 5.97. The summed E-state index contributed by atoms with van der Waals surface area (Å²) in [6.07, 6.45) is 2.52. The van der Waals surface area contributed by atoms with E-state index in [1.807, 2.05) is 0 Å². The molecule has 126 valence electrons. The van der Waals surface area contributed by atoms with E-state index in [4.69, 9.17) is 4.74 Å². The van der Waals surface area contributed by atoms with Crippen molar-refractivity contribution in [3.63, 3.8) is 0 Å². The van der Waals surface area contributed by atoms with E-state index in [1.54, 1.807) is 6.07 Å². The standard InChI is InChI=1S/C16H23N3O4/c1-12(11-18-7-3-4-8-18)10-17-15-6-5-13(19(21)22)9-14(15)16(20)23-2/h5-6,9,12,17H,3-4,7-8,10-11H2,1-2H3. The van der Waals surface area contributed by atoms with Gasteiger partial charge in [-0.3, -0.25) is 10.1 Å². The van der Waals surface area contributed by atoms with Gasteiger partial charge in [0.15, 0.2) is 0 Å². The van der Waals surface area contributed by atoms with Crippen molar-refractivity contribution in [1.82, 2.24) is 4.90 Å². The minimum absolute atomic E-state index is 0.124. The van der Waals surface area contributed by atoms with Crippen LogP contribution in [0, 0.1) is 16.0 Å². The Labute approximate surface area is 135 Å². The molecule has 1 N–H and O–H groups in total. The fraction of sp³-hybridized carbons (Fsp3) is 0.562. The van der Waals surface area contributed by atoms with E-state index < -0.39 is 10.9 Å². The predicted octanol–water partition coefficient (Wildman–Crippen LogP) is 2.53. The van der Waals surface area contributed by atoms with Crippen LogP contribution < -0.4 is 5.32 Å². The molecule has 0 radical (unpaired) electrons. The number of nitrogens with one attached hydrogen (secondary N) is 1. The van der Waals surface area contributed by atoms with Crippen LogP contribution in [0.5, 0.6) is 0 Å². The highest BCUT2D eigenvalue weighted by atomic mass is 16.6. The molecule has 1 aliphatic heterocycles. The quantitative estimate of drug-likeness (QED) is 0.472. The second-order valence-corrected chi connectivity index (χ2v) is 5.97. The molecule has 1 aromatic rings. The summed E-state index contributed by atoms with van der Waals surface area (Å²) in [5.41, 5.74) is 0.631. The van der Waals surface area contributed by atoms with E-state index in [9.17, 15) is 14.9 Å². The summed E-state index contributed by atoms with van der Waals surface area (Å²) in [5, 5.41) is 14.1. The number of benzene rings is 1. The molecule has 0 aliphatic carbocycles. The summed E-state index contributed by atoms with van der Waals surface area (Å²) >= 11 is 0. The van der Waals surface area contributed by atoms with Crippen LogP contribution in [0.1, 0.15) is 30.1 Å². The average molecular weight is 321 g/mol. The van der Waals surface area contributed by atoms with Gasteiger partial charge in [0.25, 0.3) is 5.69 Å². The molecule has 2 rings (SSSR count). The molecule has 0 saturated carbocycles. The molecular weight excluding hydrogens is 298 g/mol. The SMILES string of the molecule is COC(=O)c1cc([N+](=O)[O-])ccc1NCC(C)CN1CCCC1. The highest BCUT2D eigenvalue weighted by molar-refractivity contribution is 5.96. The van der Waals surface area contributed by atoms with E-state index >= 15 is 0 Å². The summed E-state index contributed by atoms with van der Waals surface area (Å²) < 4.78 is 4.72. The van der Waals surface area contributed by atoms with Crippen LogP contribution in [0.2, 0.25) is 0 Å². The number of likely N-dealkylation sites (tertiary alicyclic amines) is 1. The van der Waals surface area contributed by atoms with Crippen LogP contribution in [-0.2, 0) is 4.74 Å². The summed E-state index contributed by atoms with van der Waals surface area (Å²) in [5.74, 6) is -0.169. The van der Waals surface area contributed by atoms with Gasteiger partial charge in [0.2, 0.25) is 0 Å². The third kappa shape index (κ3) is 4.66. The summed E-state index contributed by atoms with van der Waals surface area (Å²) in [7, 11) is 1.26. The van der Waals surface area contributed by atoms with E-state index in [1.165, 1.54) is 32.1 Å². The van der Waals surface area contributed by atoms with E-state index in [0.717, 1.165) is 19.6 Å². The zero-order valence-electron chi connectivity index (χ0n) is 13.6. The Kier molecular flexibility index (Phi) is 5.92. The van der Waals surface area contributed by atoms with Crippen molar-refractivity contribution in [2.75, 3.05) is 38.6 Å². The Bertz CT molecular complexity index is 570. The number of ether oxygens (including phenoxy) is 1. The number of methoxy groups -OCH3 is 1. The molecule has 1 saturated heterocycles. The van der Waals surface area contributed by atoms with Gasteiger partial charge >= 0.3 is 5.97 Å². The summed E-state index contributed by atoms with van der Waals surface area (Å²) in [4.78, 5) is 24.6. The third-order valence-electron chi connectivity index (χ3n) is 4.03. The van der Waals surface area contributed by atoms with E-state index in [2.05, 4.69) is 17.1 Å². The maximum atomic E-state index is 11.8. The lowest BCUT2D eigenvalue weighted by Gasteiger charge is -2.21. The van der Waals surface area contributed by atoms with Gasteiger partial charge in [-0.1, -0.05) is 6.92 Å². The minimum Gasteiger partial charge on any atom is -0.465 e. The molecular formula is C16H23N3O4. The van der Waals surface area contributed by atoms with Gasteiger partial charge in [-0.15, -0.1) is 0 Å². The zero-order valence-corrected chi connectivity index (χ0v) is 13.6. The zero-order chi connectivity index (χ0) is 16.8. The van der Waals surface area contributed by atoms with Gasteiger partial charge in [-0.05, 0) is 37.9 Å². The number of carbonyl (C=O) groups excluding carboxylic acids is 1. The monoisotopic (exact) mass is 321 g/mol. The minimum atomic E-state index is -0.580. The molecule has 1 heterocycles. The molecule has 23 heavy (non-hydrogen) atoms. The number of carbonyl (C=O) groups is 1. The van der Waals surface area contributed by atoms with Crippen LogP contribution in [0.3, 0.4) is 0 Å². The molecule has 1 aromatic carbocycles. The average Bonchev–Trinajstić information content (AvgIpc) is 3.04. The first-order valence-corrected chi connectivity index (χ1v) is 7.84. The molecule has 0 amide bonds. The molecule has 0 bridgehead atoms. The van der Waals surface area contributed by atoms with Crippen molar-refractivity contribution >= 4 is 17.3 Å². The molecule has 1 fully saturated rings. The van der Waals surface area contributed by atoms with Crippen molar-refractivity contribution in [3.05, 3.63) is 33.9 Å². The van der Waals surface area contributed by atoms with Gasteiger partial charge in [0.1, 0.15) is 0 Å². The van der Waals surface area contributed by atoms with Crippen molar-refractivity contribution in [2.24, 2.45) is 5.92 Å². The van der Waals surface area contributed by atoms with Gasteiger partial charge in [-0.2, -0.15) is 0 Å². The molecule has 0 aromatic heterocycles. The first-order valence-electron chi connectivity index (χ1n) is 7.84. The highest BCUT2D eigenvalue weighted by Crippen LogP contribution is 2.23.